The molecular formula is C27H23N. The van der Waals surface area contributed by atoms with Gasteiger partial charge in [-0.25, -0.2) is 0 Å². The van der Waals surface area contributed by atoms with Crippen molar-refractivity contribution in [2.75, 3.05) is 0 Å². The molecule has 136 valence electrons. The molecule has 28 heavy (non-hydrogen) atoms. The third kappa shape index (κ3) is 2.10. The van der Waals surface area contributed by atoms with Crippen molar-refractivity contribution in [2.45, 2.75) is 26.2 Å². The van der Waals surface area contributed by atoms with Gasteiger partial charge in [0.1, 0.15) is 0 Å². The number of rotatable bonds is 2. The van der Waals surface area contributed by atoms with Crippen molar-refractivity contribution in [3.05, 3.63) is 90.1 Å². The van der Waals surface area contributed by atoms with E-state index in [9.17, 15) is 0 Å². The summed E-state index contributed by atoms with van der Waals surface area (Å²) in [4.78, 5) is 4.74. The molecule has 0 amide bonds. The lowest BCUT2D eigenvalue weighted by molar-refractivity contribution is 0.633. The molecule has 0 unspecified atom stereocenters. The third-order valence-corrected chi connectivity index (χ3v) is 6.16. The van der Waals surface area contributed by atoms with Gasteiger partial charge in [-0.2, -0.15) is 0 Å². The molecule has 5 rings (SSSR count). The Morgan fingerprint density at radius 1 is 0.786 bits per heavy atom. The Bertz CT molecular complexity index is 1350. The molecule has 1 heteroatoms. The van der Waals surface area contributed by atoms with Gasteiger partial charge in [0.15, 0.2) is 0 Å². The predicted octanol–water partition coefficient (Wildman–Crippen LogP) is 7.43. The van der Waals surface area contributed by atoms with Gasteiger partial charge in [0.2, 0.25) is 0 Å². The summed E-state index contributed by atoms with van der Waals surface area (Å²) >= 11 is 0. The average Bonchev–Trinajstić information content (AvgIpc) is 2.93. The van der Waals surface area contributed by atoms with E-state index < -0.39 is 0 Å². The summed E-state index contributed by atoms with van der Waals surface area (Å²) in [5, 5.41) is 7.83. The van der Waals surface area contributed by atoms with E-state index in [0.29, 0.717) is 0 Å². The minimum Gasteiger partial charge on any atom is -0.264 e. The van der Waals surface area contributed by atoms with Gasteiger partial charge in [-0.3, -0.25) is 4.99 Å². The molecule has 1 nitrogen and oxygen atoms in total. The fourth-order valence-electron chi connectivity index (χ4n) is 4.85. The van der Waals surface area contributed by atoms with Gasteiger partial charge < -0.3 is 0 Å². The van der Waals surface area contributed by atoms with Crippen LogP contribution in [0.4, 0.5) is 0 Å². The minimum absolute atomic E-state index is 0.147. The van der Waals surface area contributed by atoms with Crippen molar-refractivity contribution in [2.24, 2.45) is 4.99 Å². The SMILES string of the molecule is C=CC1=C(N=CC)C(C)(C)c2cc3c4ccccc4c4ccccc4c3cc21. The molecule has 0 heterocycles. The number of hydrogen-bond acceptors (Lipinski definition) is 1. The Kier molecular flexibility index (Phi) is 3.57. The van der Waals surface area contributed by atoms with Gasteiger partial charge in [-0.05, 0) is 62.5 Å². The normalized spacial score (nSPS) is 15.8. The second kappa shape index (κ2) is 5.90. The van der Waals surface area contributed by atoms with E-state index in [1.807, 2.05) is 19.2 Å². The van der Waals surface area contributed by atoms with E-state index in [2.05, 4.69) is 81.1 Å². The topological polar surface area (TPSA) is 12.4 Å². The van der Waals surface area contributed by atoms with Crippen LogP contribution in [0.25, 0.3) is 37.9 Å². The van der Waals surface area contributed by atoms with Gasteiger partial charge in [-0.1, -0.05) is 75.0 Å². The number of benzene rings is 4. The van der Waals surface area contributed by atoms with Crippen molar-refractivity contribution in [1.29, 1.82) is 0 Å². The summed E-state index contributed by atoms with van der Waals surface area (Å²) in [7, 11) is 0. The highest BCUT2D eigenvalue weighted by atomic mass is 14.8. The first kappa shape index (κ1) is 16.9. The van der Waals surface area contributed by atoms with Crippen LogP contribution < -0.4 is 0 Å². The number of fused-ring (bicyclic) bond motifs is 7. The molecule has 0 fully saturated rings. The zero-order chi connectivity index (χ0) is 19.5. The molecule has 0 radical (unpaired) electrons. The van der Waals surface area contributed by atoms with Crippen LogP contribution in [0.2, 0.25) is 0 Å². The summed E-state index contributed by atoms with van der Waals surface area (Å²) in [6, 6.07) is 22.2. The lowest BCUT2D eigenvalue weighted by Crippen LogP contribution is -2.16. The first-order valence-corrected chi connectivity index (χ1v) is 9.82. The highest BCUT2D eigenvalue weighted by Crippen LogP contribution is 2.49. The summed E-state index contributed by atoms with van der Waals surface area (Å²) in [5.41, 5.74) is 4.69. The fourth-order valence-corrected chi connectivity index (χ4v) is 4.85. The Morgan fingerprint density at radius 2 is 1.29 bits per heavy atom. The molecule has 1 aliphatic carbocycles. The molecule has 0 saturated heterocycles. The van der Waals surface area contributed by atoms with Crippen molar-refractivity contribution >= 4 is 44.1 Å². The molecule has 0 saturated carbocycles. The minimum atomic E-state index is -0.147. The van der Waals surface area contributed by atoms with Crippen molar-refractivity contribution in [3.8, 4) is 0 Å². The van der Waals surface area contributed by atoms with Crippen LogP contribution >= 0.6 is 0 Å². The molecule has 0 bridgehead atoms. The van der Waals surface area contributed by atoms with Crippen LogP contribution in [0.5, 0.6) is 0 Å². The average molecular weight is 361 g/mol. The number of aliphatic imine (C=N–C) groups is 1. The molecule has 0 N–H and O–H groups in total. The smallest absolute Gasteiger partial charge is 0.0577 e. The fraction of sp³-hybridized carbons (Fsp3) is 0.148. The Balaban J connectivity index is 2.01. The Hall–Kier alpha value is -3.19. The molecule has 0 atom stereocenters. The highest BCUT2D eigenvalue weighted by Gasteiger charge is 2.37. The van der Waals surface area contributed by atoms with Gasteiger partial charge in [0, 0.05) is 17.2 Å². The standard InChI is InChI=1S/C27H23N/c1-5-17-24-15-22-20-13-9-7-11-18(20)19-12-8-10-14-21(19)23(22)16-25(24)27(3,4)26(17)28-6-2/h5-16H,1H2,2-4H3. The van der Waals surface area contributed by atoms with E-state index in [4.69, 9.17) is 4.99 Å². The zero-order valence-electron chi connectivity index (χ0n) is 16.6. The number of hydrogen-bond donors (Lipinski definition) is 0. The van der Waals surface area contributed by atoms with Crippen molar-refractivity contribution in [3.63, 3.8) is 0 Å². The van der Waals surface area contributed by atoms with Crippen LogP contribution in [0, 0.1) is 0 Å². The summed E-state index contributed by atoms with van der Waals surface area (Å²) in [6.45, 7) is 10.6. The first-order chi connectivity index (χ1) is 13.6. The lowest BCUT2D eigenvalue weighted by Gasteiger charge is -2.22. The lowest BCUT2D eigenvalue weighted by atomic mass is 9.82. The van der Waals surface area contributed by atoms with Crippen LogP contribution in [0.15, 0.2) is 84.0 Å². The van der Waals surface area contributed by atoms with Gasteiger partial charge in [0.05, 0.1) is 5.70 Å². The summed E-state index contributed by atoms with van der Waals surface area (Å²) in [6.07, 6.45) is 3.85. The molecule has 0 aliphatic heterocycles. The van der Waals surface area contributed by atoms with E-state index in [1.165, 1.54) is 43.4 Å². The molecule has 0 spiro atoms. The predicted molar refractivity (Wildman–Crippen MR) is 123 cm³/mol. The van der Waals surface area contributed by atoms with Crippen LogP contribution in [-0.2, 0) is 5.41 Å². The van der Waals surface area contributed by atoms with Gasteiger partial charge >= 0.3 is 0 Å². The maximum atomic E-state index is 4.74. The van der Waals surface area contributed by atoms with Crippen LogP contribution in [0.1, 0.15) is 31.9 Å². The molecular weight excluding hydrogens is 338 g/mol. The quantitative estimate of drug-likeness (QED) is 0.260. The molecule has 0 aromatic heterocycles. The van der Waals surface area contributed by atoms with Crippen molar-refractivity contribution < 1.29 is 0 Å². The van der Waals surface area contributed by atoms with Crippen LogP contribution in [-0.4, -0.2) is 6.21 Å². The molecule has 4 aromatic rings. The van der Waals surface area contributed by atoms with Gasteiger partial charge in [-0.15, -0.1) is 0 Å². The van der Waals surface area contributed by atoms with E-state index in [1.54, 1.807) is 0 Å². The monoisotopic (exact) mass is 361 g/mol. The second-order valence-electron chi connectivity index (χ2n) is 8.01. The van der Waals surface area contributed by atoms with Crippen molar-refractivity contribution in [1.82, 2.24) is 0 Å². The zero-order valence-corrected chi connectivity index (χ0v) is 16.6. The van der Waals surface area contributed by atoms with Crippen LogP contribution in [0.3, 0.4) is 0 Å². The van der Waals surface area contributed by atoms with E-state index >= 15 is 0 Å². The summed E-state index contributed by atoms with van der Waals surface area (Å²) in [5.74, 6) is 0. The van der Waals surface area contributed by atoms with Gasteiger partial charge in [0.25, 0.3) is 0 Å². The summed E-state index contributed by atoms with van der Waals surface area (Å²) < 4.78 is 0. The third-order valence-electron chi connectivity index (χ3n) is 6.16. The maximum Gasteiger partial charge on any atom is 0.0577 e. The first-order valence-electron chi connectivity index (χ1n) is 9.82. The maximum absolute atomic E-state index is 4.74. The Morgan fingerprint density at radius 3 is 1.79 bits per heavy atom. The largest absolute Gasteiger partial charge is 0.264 e. The highest BCUT2D eigenvalue weighted by molar-refractivity contribution is 6.26. The number of nitrogens with zero attached hydrogens (tertiary/aromatic N) is 1. The Labute approximate surface area is 165 Å². The second-order valence-corrected chi connectivity index (χ2v) is 8.01. The molecule has 4 aromatic carbocycles. The molecule has 1 aliphatic rings. The number of allylic oxidation sites excluding steroid dienone is 3. The van der Waals surface area contributed by atoms with E-state index in [-0.39, 0.29) is 5.41 Å². The van der Waals surface area contributed by atoms with E-state index in [0.717, 1.165) is 11.3 Å².